The van der Waals surface area contributed by atoms with Crippen LogP contribution in [-0.2, 0) is 4.79 Å². The number of carbonyl (C=O) groups is 1. The van der Waals surface area contributed by atoms with Crippen LogP contribution < -0.4 is 5.32 Å². The van der Waals surface area contributed by atoms with Gasteiger partial charge in [0.1, 0.15) is 0 Å². The van der Waals surface area contributed by atoms with Gasteiger partial charge in [-0.05, 0) is 68.1 Å². The Kier molecular flexibility index (Phi) is 3.38. The summed E-state index contributed by atoms with van der Waals surface area (Å²) in [7, 11) is 0. The van der Waals surface area contributed by atoms with Gasteiger partial charge in [-0.25, -0.2) is 0 Å². The van der Waals surface area contributed by atoms with Crippen molar-refractivity contribution in [1.82, 2.24) is 5.32 Å². The lowest BCUT2D eigenvalue weighted by atomic mass is 9.51. The van der Waals surface area contributed by atoms with E-state index >= 15 is 0 Å². The van der Waals surface area contributed by atoms with E-state index in [-0.39, 0.29) is 11.8 Å². The fraction of sp³-hybridized carbons (Fsp3) is 0.938. The van der Waals surface area contributed by atoms with Gasteiger partial charge in [-0.3, -0.25) is 4.79 Å². The minimum Gasteiger partial charge on any atom is -0.356 e. The second-order valence-electron chi connectivity index (χ2n) is 7.33. The Balaban J connectivity index is 1.50. The third kappa shape index (κ3) is 2.31. The average Bonchev–Trinajstić information content (AvgIpc) is 2.31. The van der Waals surface area contributed by atoms with Crippen molar-refractivity contribution in [3.8, 4) is 0 Å². The van der Waals surface area contributed by atoms with Crippen molar-refractivity contribution in [2.24, 2.45) is 35.5 Å². The Bertz CT molecular complexity index is 295. The molecule has 0 aromatic rings. The lowest BCUT2D eigenvalue weighted by Gasteiger charge is -2.54. The van der Waals surface area contributed by atoms with Gasteiger partial charge in [-0.1, -0.05) is 13.8 Å². The molecule has 18 heavy (non-hydrogen) atoms. The SMILES string of the molecule is CC(C)C(=O)NCCC1C2CC3CC(C2)CC1C3. The number of rotatable bonds is 4. The van der Waals surface area contributed by atoms with Gasteiger partial charge in [-0.15, -0.1) is 0 Å². The Labute approximate surface area is 111 Å². The summed E-state index contributed by atoms with van der Waals surface area (Å²) in [5, 5.41) is 3.10. The van der Waals surface area contributed by atoms with Crippen LogP contribution in [0.3, 0.4) is 0 Å². The van der Waals surface area contributed by atoms with E-state index in [0.29, 0.717) is 0 Å². The predicted octanol–water partition coefficient (Wildman–Crippen LogP) is 3.22. The third-order valence-electron chi connectivity index (χ3n) is 5.72. The van der Waals surface area contributed by atoms with E-state index < -0.39 is 0 Å². The zero-order valence-corrected chi connectivity index (χ0v) is 11.8. The van der Waals surface area contributed by atoms with Crippen LogP contribution in [0.15, 0.2) is 0 Å². The molecule has 1 N–H and O–H groups in total. The Morgan fingerprint density at radius 1 is 1.06 bits per heavy atom. The minimum absolute atomic E-state index is 0.128. The van der Waals surface area contributed by atoms with E-state index in [1.165, 1.54) is 38.5 Å². The number of hydrogen-bond donors (Lipinski definition) is 1. The molecule has 4 rings (SSSR count). The van der Waals surface area contributed by atoms with E-state index in [0.717, 1.165) is 36.1 Å². The van der Waals surface area contributed by atoms with Crippen molar-refractivity contribution in [3.05, 3.63) is 0 Å². The molecule has 0 unspecified atom stereocenters. The second-order valence-corrected chi connectivity index (χ2v) is 7.33. The maximum Gasteiger partial charge on any atom is 0.222 e. The van der Waals surface area contributed by atoms with Crippen LogP contribution in [0.1, 0.15) is 52.4 Å². The van der Waals surface area contributed by atoms with Crippen LogP contribution in [0.25, 0.3) is 0 Å². The van der Waals surface area contributed by atoms with Gasteiger partial charge in [0.15, 0.2) is 0 Å². The van der Waals surface area contributed by atoms with E-state index in [9.17, 15) is 4.79 Å². The van der Waals surface area contributed by atoms with Crippen molar-refractivity contribution >= 4 is 5.91 Å². The fourth-order valence-electron chi connectivity index (χ4n) is 5.08. The lowest BCUT2D eigenvalue weighted by Crippen LogP contribution is -2.46. The average molecular weight is 249 g/mol. The minimum atomic E-state index is 0.128. The van der Waals surface area contributed by atoms with Gasteiger partial charge in [0.05, 0.1) is 0 Å². The number of amides is 1. The molecule has 0 aliphatic heterocycles. The monoisotopic (exact) mass is 249 g/mol. The first kappa shape index (κ1) is 12.5. The summed E-state index contributed by atoms with van der Waals surface area (Å²) < 4.78 is 0. The molecule has 4 bridgehead atoms. The van der Waals surface area contributed by atoms with Crippen LogP contribution in [0.2, 0.25) is 0 Å². The smallest absolute Gasteiger partial charge is 0.222 e. The van der Waals surface area contributed by atoms with Gasteiger partial charge >= 0.3 is 0 Å². The molecule has 1 amide bonds. The summed E-state index contributed by atoms with van der Waals surface area (Å²) in [6, 6.07) is 0. The second kappa shape index (κ2) is 4.86. The number of nitrogens with one attached hydrogen (secondary N) is 1. The topological polar surface area (TPSA) is 29.1 Å². The van der Waals surface area contributed by atoms with Gasteiger partial charge in [0.25, 0.3) is 0 Å². The van der Waals surface area contributed by atoms with Gasteiger partial charge in [-0.2, -0.15) is 0 Å². The fourth-order valence-corrected chi connectivity index (χ4v) is 5.08. The molecular formula is C16H27NO. The summed E-state index contributed by atoms with van der Waals surface area (Å²) in [4.78, 5) is 11.6. The van der Waals surface area contributed by atoms with E-state index in [4.69, 9.17) is 0 Å². The standard InChI is InChI=1S/C16H27NO/c1-10(2)16(18)17-4-3-15-13-6-11-5-12(8-13)9-14(15)7-11/h10-15H,3-9H2,1-2H3,(H,17,18). The molecular weight excluding hydrogens is 222 g/mol. The molecule has 0 spiro atoms. The van der Waals surface area contributed by atoms with E-state index in [1.54, 1.807) is 0 Å². The van der Waals surface area contributed by atoms with Crippen LogP contribution in [0.5, 0.6) is 0 Å². The van der Waals surface area contributed by atoms with Gasteiger partial charge < -0.3 is 5.32 Å². The molecule has 2 nitrogen and oxygen atoms in total. The molecule has 102 valence electrons. The summed E-state index contributed by atoms with van der Waals surface area (Å²) in [6.45, 7) is 4.85. The van der Waals surface area contributed by atoms with Crippen molar-refractivity contribution in [3.63, 3.8) is 0 Å². The van der Waals surface area contributed by atoms with E-state index in [2.05, 4.69) is 5.32 Å². The van der Waals surface area contributed by atoms with Crippen LogP contribution in [-0.4, -0.2) is 12.5 Å². The highest BCUT2D eigenvalue weighted by Crippen LogP contribution is 2.57. The van der Waals surface area contributed by atoms with Crippen molar-refractivity contribution in [1.29, 1.82) is 0 Å². The summed E-state index contributed by atoms with van der Waals surface area (Å²) in [6.07, 6.45) is 8.74. The largest absolute Gasteiger partial charge is 0.356 e. The Hall–Kier alpha value is -0.530. The Morgan fingerprint density at radius 2 is 1.61 bits per heavy atom. The van der Waals surface area contributed by atoms with Crippen molar-refractivity contribution in [2.75, 3.05) is 6.54 Å². The molecule has 0 radical (unpaired) electrons. The molecule has 0 atom stereocenters. The molecule has 4 aliphatic rings. The first-order valence-corrected chi connectivity index (χ1v) is 7.91. The van der Waals surface area contributed by atoms with Crippen LogP contribution >= 0.6 is 0 Å². The van der Waals surface area contributed by atoms with Crippen LogP contribution in [0.4, 0.5) is 0 Å². The number of carbonyl (C=O) groups excluding carboxylic acids is 1. The maximum absolute atomic E-state index is 11.6. The Morgan fingerprint density at radius 3 is 2.11 bits per heavy atom. The molecule has 4 aliphatic carbocycles. The lowest BCUT2D eigenvalue weighted by molar-refractivity contribution is -0.124. The zero-order valence-electron chi connectivity index (χ0n) is 11.8. The van der Waals surface area contributed by atoms with Crippen molar-refractivity contribution in [2.45, 2.75) is 52.4 Å². The normalized spacial score (nSPS) is 41.4. The zero-order chi connectivity index (χ0) is 12.7. The van der Waals surface area contributed by atoms with Crippen LogP contribution in [0, 0.1) is 35.5 Å². The van der Waals surface area contributed by atoms with Crippen molar-refractivity contribution < 1.29 is 4.79 Å². The first-order chi connectivity index (χ1) is 8.63. The molecule has 2 heteroatoms. The molecule has 0 heterocycles. The van der Waals surface area contributed by atoms with E-state index in [1.807, 2.05) is 13.8 Å². The molecule has 0 aromatic heterocycles. The van der Waals surface area contributed by atoms with Gasteiger partial charge in [0.2, 0.25) is 5.91 Å². The molecule has 0 saturated heterocycles. The summed E-state index contributed by atoms with van der Waals surface area (Å²) >= 11 is 0. The first-order valence-electron chi connectivity index (χ1n) is 7.91. The predicted molar refractivity (Wildman–Crippen MR) is 73.0 cm³/mol. The molecule has 4 fully saturated rings. The summed E-state index contributed by atoms with van der Waals surface area (Å²) in [5.41, 5.74) is 0. The maximum atomic E-state index is 11.6. The third-order valence-corrected chi connectivity index (χ3v) is 5.72. The highest BCUT2D eigenvalue weighted by Gasteiger charge is 2.47. The highest BCUT2D eigenvalue weighted by atomic mass is 16.1. The molecule has 0 aromatic carbocycles. The number of hydrogen-bond acceptors (Lipinski definition) is 1. The quantitative estimate of drug-likeness (QED) is 0.814. The van der Waals surface area contributed by atoms with Gasteiger partial charge in [0, 0.05) is 12.5 Å². The molecule has 4 saturated carbocycles. The highest BCUT2D eigenvalue weighted by molar-refractivity contribution is 5.77. The summed E-state index contributed by atoms with van der Waals surface area (Å²) in [5.74, 6) is 5.39.